The van der Waals surface area contributed by atoms with Gasteiger partial charge in [-0.15, -0.1) is 0 Å². The van der Waals surface area contributed by atoms with E-state index in [2.05, 4.69) is 4.74 Å². The molecule has 0 aliphatic carbocycles. The van der Waals surface area contributed by atoms with Crippen molar-refractivity contribution in [2.24, 2.45) is 0 Å². The van der Waals surface area contributed by atoms with Gasteiger partial charge in [0.15, 0.2) is 77.4 Å². The molecule has 0 saturated carbocycles. The second-order valence-electron chi connectivity index (χ2n) is 27.3. The highest BCUT2D eigenvalue weighted by Gasteiger charge is 2.38. The van der Waals surface area contributed by atoms with Crippen LogP contribution < -0.4 is 28.4 Å². The fourth-order valence-corrected chi connectivity index (χ4v) is 13.1. The van der Waals surface area contributed by atoms with E-state index in [1.165, 1.54) is 21.3 Å². The van der Waals surface area contributed by atoms with Crippen LogP contribution in [-0.4, -0.2) is 150 Å². The summed E-state index contributed by atoms with van der Waals surface area (Å²) in [5.74, 6) is -4.16. The molecule has 0 amide bonds. The number of rotatable bonds is 34. The molecular weight excluding hydrogens is 1400 g/mol. The van der Waals surface area contributed by atoms with Crippen molar-refractivity contribution in [1.82, 2.24) is 0 Å². The zero-order valence-electron chi connectivity index (χ0n) is 63.2. The molecule has 0 fully saturated rings. The predicted molar refractivity (Wildman–Crippen MR) is 400 cm³/mol. The van der Waals surface area contributed by atoms with Gasteiger partial charge in [-0.1, -0.05) is 113 Å². The van der Waals surface area contributed by atoms with Crippen molar-refractivity contribution in [3.63, 3.8) is 0 Å². The molecule has 3 N–H and O–H groups in total. The monoisotopic (exact) mass is 1490 g/mol. The summed E-state index contributed by atoms with van der Waals surface area (Å²) in [5.41, 5.74) is 8.80. The Morgan fingerprint density at radius 1 is 0.275 bits per heavy atom. The topological polar surface area (TPSA) is 349 Å². The number of methoxy groups -OCH3 is 3. The van der Waals surface area contributed by atoms with Crippen LogP contribution in [0, 0.1) is 41.5 Å². The molecule has 8 rings (SSSR count). The van der Waals surface area contributed by atoms with Crippen molar-refractivity contribution in [2.45, 2.75) is 105 Å². The molecule has 0 saturated heterocycles. The summed E-state index contributed by atoms with van der Waals surface area (Å²) < 4.78 is 47.5. The maximum atomic E-state index is 12.5. The molecule has 109 heavy (non-hydrogen) atoms. The summed E-state index contributed by atoms with van der Waals surface area (Å²) in [4.78, 5) is 143. The van der Waals surface area contributed by atoms with E-state index in [1.807, 2.05) is 114 Å². The molecule has 0 aliphatic heterocycles. The Balaban J connectivity index is 0.000000304. The maximum Gasteiger partial charge on any atom is 0.343 e. The lowest BCUT2D eigenvalue weighted by atomic mass is 9.68. The molecule has 0 radical (unpaired) electrons. The van der Waals surface area contributed by atoms with Crippen molar-refractivity contribution in [3.05, 3.63) is 244 Å². The first-order valence-electron chi connectivity index (χ1n) is 34.0. The Hall–Kier alpha value is -12.6. The second-order valence-corrected chi connectivity index (χ2v) is 27.3. The third-order valence-electron chi connectivity index (χ3n) is 19.4. The Labute approximate surface area is 630 Å². The average molecular weight is 1490 g/mol. The van der Waals surface area contributed by atoms with Crippen LogP contribution in [0.15, 0.2) is 121 Å². The van der Waals surface area contributed by atoms with Gasteiger partial charge in [0, 0.05) is 21.7 Å². The number of hydrogen-bond donors (Lipinski definition) is 3. The van der Waals surface area contributed by atoms with Crippen LogP contribution in [0.3, 0.4) is 0 Å². The number of carboxylic acids is 3. The van der Waals surface area contributed by atoms with E-state index < -0.39 is 90.5 Å². The van der Waals surface area contributed by atoms with Gasteiger partial charge in [0.25, 0.3) is 0 Å². The minimum atomic E-state index is -1.21. The van der Waals surface area contributed by atoms with E-state index in [4.69, 9.17) is 43.0 Å². The molecule has 0 heterocycles. The van der Waals surface area contributed by atoms with Crippen LogP contribution in [0.5, 0.6) is 34.5 Å². The highest BCUT2D eigenvalue weighted by Crippen LogP contribution is 2.48. The minimum Gasteiger partial charge on any atom is -0.481 e. The van der Waals surface area contributed by atoms with Gasteiger partial charge in [0.2, 0.25) is 0 Å². The molecule has 8 aromatic carbocycles. The molecule has 0 spiro atoms. The number of aryl methyl sites for hydroxylation is 6. The highest BCUT2D eigenvalue weighted by atomic mass is 16.6. The lowest BCUT2D eigenvalue weighted by Crippen LogP contribution is -2.27. The van der Waals surface area contributed by atoms with Gasteiger partial charge in [-0.25, -0.2) is 28.8 Å². The maximum absolute atomic E-state index is 12.5. The molecule has 0 bridgehead atoms. The molecule has 570 valence electrons. The number of carbonyl (C=O) groups excluding carboxylic acids is 9. The van der Waals surface area contributed by atoms with Gasteiger partial charge < -0.3 is 58.0 Å². The summed E-state index contributed by atoms with van der Waals surface area (Å²) in [5, 5.41) is 27.5. The Kier molecular flexibility index (Phi) is 27.4. The van der Waals surface area contributed by atoms with Crippen molar-refractivity contribution < 1.29 is 115 Å². The molecule has 0 atom stereocenters. The van der Waals surface area contributed by atoms with Crippen LogP contribution in [0.25, 0.3) is 0 Å². The van der Waals surface area contributed by atoms with Crippen molar-refractivity contribution >= 4 is 73.5 Å². The van der Waals surface area contributed by atoms with Crippen LogP contribution in [-0.2, 0) is 64.6 Å². The Morgan fingerprint density at radius 2 is 0.450 bits per heavy atom. The third kappa shape index (κ3) is 18.6. The van der Waals surface area contributed by atoms with E-state index in [-0.39, 0.29) is 63.2 Å². The Bertz CT molecular complexity index is 4680. The largest absolute Gasteiger partial charge is 0.481 e. The van der Waals surface area contributed by atoms with Crippen LogP contribution in [0.2, 0.25) is 0 Å². The minimum absolute atomic E-state index is 0.121. The number of esters is 3. The van der Waals surface area contributed by atoms with Gasteiger partial charge in [-0.2, -0.15) is 0 Å². The van der Waals surface area contributed by atoms with E-state index >= 15 is 0 Å². The molecule has 0 aliphatic rings. The van der Waals surface area contributed by atoms with Crippen LogP contribution in [0.1, 0.15) is 193 Å². The lowest BCUT2D eigenvalue weighted by Gasteiger charge is -2.35. The van der Waals surface area contributed by atoms with Crippen molar-refractivity contribution in [1.29, 1.82) is 0 Å². The molecule has 0 unspecified atom stereocenters. The van der Waals surface area contributed by atoms with Gasteiger partial charge >= 0.3 is 35.8 Å². The average Bonchev–Trinajstić information content (AvgIpc) is 0.746. The fraction of sp³-hybridized carbons (Fsp3) is 0.294. The van der Waals surface area contributed by atoms with Gasteiger partial charge in [-0.05, 0) is 181 Å². The summed E-state index contributed by atoms with van der Waals surface area (Å²) in [6.07, 6.45) is 3.79. The number of hydrogen-bond acceptors (Lipinski definition) is 21. The van der Waals surface area contributed by atoms with Crippen LogP contribution in [0.4, 0.5) is 0 Å². The first kappa shape index (κ1) is 83.7. The molecule has 8 aromatic rings. The predicted octanol–water partition coefficient (Wildman–Crippen LogP) is 12.5. The van der Waals surface area contributed by atoms with E-state index in [9.17, 15) is 67.7 Å². The first-order chi connectivity index (χ1) is 51.5. The van der Waals surface area contributed by atoms with Gasteiger partial charge in [0.1, 0.15) is 34.5 Å². The van der Waals surface area contributed by atoms with Crippen molar-refractivity contribution in [3.8, 4) is 34.5 Å². The molecule has 24 nitrogen and oxygen atoms in total. The summed E-state index contributed by atoms with van der Waals surface area (Å²) in [6.45, 7) is 19.3. The third-order valence-corrected chi connectivity index (χ3v) is 19.4. The van der Waals surface area contributed by atoms with Crippen molar-refractivity contribution in [2.75, 3.05) is 61.0 Å². The summed E-state index contributed by atoms with van der Waals surface area (Å²) in [7, 11) is 3.74. The quantitative estimate of drug-likeness (QED) is 0.0146. The zero-order valence-corrected chi connectivity index (χ0v) is 63.2. The van der Waals surface area contributed by atoms with Crippen LogP contribution >= 0.6 is 0 Å². The second kappa shape index (κ2) is 35.7. The number of carbonyl (C=O) groups is 12. The Morgan fingerprint density at radius 3 is 0.633 bits per heavy atom. The smallest absolute Gasteiger partial charge is 0.343 e. The number of aldehydes is 6. The molecule has 24 heteroatoms. The van der Waals surface area contributed by atoms with E-state index in [1.54, 1.807) is 90.1 Å². The van der Waals surface area contributed by atoms with E-state index in [0.29, 0.717) is 105 Å². The summed E-state index contributed by atoms with van der Waals surface area (Å²) in [6, 6.07) is 36.6. The van der Waals surface area contributed by atoms with Gasteiger partial charge in [-0.3, -0.25) is 28.8 Å². The van der Waals surface area contributed by atoms with Gasteiger partial charge in [0.05, 0.1) is 54.7 Å². The number of aliphatic carboxylic acids is 3. The highest BCUT2D eigenvalue weighted by molar-refractivity contribution is 5.87. The number of ether oxygens (including phenoxy) is 9. The number of benzene rings is 8. The number of carboxylic acid groups (broad SMARTS) is 3. The fourth-order valence-electron chi connectivity index (χ4n) is 13.1. The SMILES string of the molecule is COC(=O)COc1c(C)cc(C(C)(C)c2ccc(C(C)(c3cc(C)c(OCC(=O)OC)c(C=O)c3)c3cc(C)c(OCC(=O)OC)c(C=O)c3)cc2)cc1C=O.Cc1cc(C(C)(C)c2ccc(C(C)(c3cc(C)c(OCC(=O)O)c(C=O)c3)c3cc(C)c(OCC(=O)O)c(C=O)c3)cc2)cc(C=O)c1OCC(=O)O. The molecular formula is C85H86O24. The zero-order chi connectivity index (χ0) is 80.6. The van der Waals surface area contributed by atoms with E-state index in [0.717, 1.165) is 33.4 Å². The lowest BCUT2D eigenvalue weighted by molar-refractivity contribution is -0.143. The normalized spacial score (nSPS) is 11.3. The molecule has 0 aromatic heterocycles. The standard InChI is InChI=1S/C44H46O12.C41H40O12/c1-26-14-34(17-29(20-45)40(26)54-23-37(48)51-7)43(4,5)32-10-12-33(13-11-32)44(6,35-15-27(2)41(30(18-35)21-46)55-24-38(49)52-8)36-16-28(3)42(31(19-36)22-47)56-25-39(50)53-9;1-23-11-31(14-26(17-42)37(23)51-20-34(45)46)40(4,5)29-7-9-30(10-8-29)41(6,32-12-24(2)38(27(15-32)18-43)52-21-35(47)48)33-13-25(3)39(28(16-33)19-44)53-22-36(49)50/h10-22H,23-25H2,1-9H3;7-19H,20-22H2,1-6H3,(H,45,46)(H,47,48)(H,49,50). The first-order valence-corrected chi connectivity index (χ1v) is 34.0. The summed E-state index contributed by atoms with van der Waals surface area (Å²) >= 11 is 0.